The normalized spacial score (nSPS) is 17.7. The molecule has 0 aliphatic carbocycles. The Kier molecular flexibility index (Phi) is 16.6. The van der Waals surface area contributed by atoms with Crippen LogP contribution in [0.4, 0.5) is 10.6 Å². The number of hydrogen-bond acceptors (Lipinski definition) is 8. The van der Waals surface area contributed by atoms with Gasteiger partial charge in [-0.3, -0.25) is 14.5 Å². The van der Waals surface area contributed by atoms with E-state index in [4.69, 9.17) is 23.9 Å². The fourth-order valence-corrected chi connectivity index (χ4v) is 6.01. The molecule has 0 unspecified atom stereocenters. The molecule has 1 aromatic rings. The van der Waals surface area contributed by atoms with Gasteiger partial charge in [-0.15, -0.1) is 0 Å². The third-order valence-electron chi connectivity index (χ3n) is 8.10. The lowest BCUT2D eigenvalue weighted by atomic mass is 9.81. The molecule has 3 atom stereocenters. The lowest BCUT2D eigenvalue weighted by molar-refractivity contribution is -0.130. The molecule has 1 aliphatic rings. The molecule has 2 heterocycles. The van der Waals surface area contributed by atoms with Crippen LogP contribution in [-0.2, 0) is 23.8 Å². The van der Waals surface area contributed by atoms with E-state index >= 15 is 0 Å². The van der Waals surface area contributed by atoms with Crippen molar-refractivity contribution in [2.45, 2.75) is 106 Å². The first-order valence-corrected chi connectivity index (χ1v) is 17.6. The Balaban J connectivity index is 2.45. The van der Waals surface area contributed by atoms with Gasteiger partial charge >= 0.3 is 6.09 Å². The Labute approximate surface area is 284 Å². The van der Waals surface area contributed by atoms with Gasteiger partial charge in [0.1, 0.15) is 23.0 Å². The van der Waals surface area contributed by atoms with E-state index in [1.807, 2.05) is 33.8 Å². The van der Waals surface area contributed by atoms with Crippen LogP contribution in [0.2, 0.25) is 0 Å². The van der Waals surface area contributed by atoms with Gasteiger partial charge < -0.3 is 23.8 Å². The van der Waals surface area contributed by atoms with Crippen molar-refractivity contribution in [2.24, 2.45) is 29.6 Å². The van der Waals surface area contributed by atoms with E-state index in [-0.39, 0.29) is 42.5 Å². The molecule has 1 fully saturated rings. The number of anilines is 1. The van der Waals surface area contributed by atoms with Crippen molar-refractivity contribution in [3.8, 4) is 5.75 Å². The van der Waals surface area contributed by atoms with E-state index in [1.54, 1.807) is 23.1 Å². The number of carbonyl (C=O) groups is 3. The molecule has 0 spiro atoms. The Morgan fingerprint density at radius 3 is 2.28 bits per heavy atom. The second-order valence-corrected chi connectivity index (χ2v) is 15.1. The molecule has 0 bridgehead atoms. The number of likely N-dealkylation sites (tertiary alicyclic amines) is 1. The number of pyridine rings is 1. The maximum absolute atomic E-state index is 14.5. The van der Waals surface area contributed by atoms with Crippen LogP contribution in [0.1, 0.15) is 106 Å². The predicted octanol–water partition coefficient (Wildman–Crippen LogP) is 7.14. The summed E-state index contributed by atoms with van der Waals surface area (Å²) in [5.74, 6) is 0.831. The fraction of sp³-hybridized carbons (Fsp3) is 0.784. The number of Topliss-reactive ketones (excluding diaryl/α,β-unsaturated/α-hetero) is 1. The Bertz CT molecular complexity index is 1130. The summed E-state index contributed by atoms with van der Waals surface area (Å²) in [4.78, 5) is 49.8. The van der Waals surface area contributed by atoms with Gasteiger partial charge in [0.15, 0.2) is 0 Å². The van der Waals surface area contributed by atoms with E-state index in [1.165, 1.54) is 0 Å². The number of nitrogens with zero attached hydrogens (tertiary/aromatic N) is 3. The molecule has 2 rings (SSSR count). The Morgan fingerprint density at radius 1 is 1.02 bits per heavy atom. The van der Waals surface area contributed by atoms with Gasteiger partial charge in [-0.1, -0.05) is 41.5 Å². The predicted molar refractivity (Wildman–Crippen MR) is 186 cm³/mol. The monoisotopic (exact) mass is 661 g/mol. The average Bonchev–Trinajstić information content (AvgIpc) is 2.98. The molecule has 10 nitrogen and oxygen atoms in total. The molecule has 1 aromatic heterocycles. The van der Waals surface area contributed by atoms with Gasteiger partial charge in [0.2, 0.25) is 5.91 Å². The summed E-state index contributed by atoms with van der Waals surface area (Å²) in [5, 5.41) is 0. The van der Waals surface area contributed by atoms with E-state index in [2.05, 4.69) is 41.5 Å². The quantitative estimate of drug-likeness (QED) is 0.153. The highest BCUT2D eigenvalue weighted by atomic mass is 16.6. The highest BCUT2D eigenvalue weighted by Crippen LogP contribution is 2.33. The third kappa shape index (κ3) is 13.7. The largest absolute Gasteiger partial charge is 0.493 e. The van der Waals surface area contributed by atoms with Crippen molar-refractivity contribution in [3.63, 3.8) is 0 Å². The van der Waals surface area contributed by atoms with Crippen LogP contribution in [0.5, 0.6) is 5.75 Å². The minimum absolute atomic E-state index is 0.0583. The molecular formula is C37H63N3O7. The van der Waals surface area contributed by atoms with Gasteiger partial charge in [-0.2, -0.15) is 0 Å². The molecule has 268 valence electrons. The van der Waals surface area contributed by atoms with Crippen molar-refractivity contribution in [3.05, 3.63) is 17.8 Å². The zero-order valence-corrected chi connectivity index (χ0v) is 31.1. The SMILES string of the molecule is CCOC[C@H](CC(=O)[C@H]1C[C@@H](C(=O)N(CC(C)C)c2cc(OCCCOC)c(C(C)C)cn2)CN(C(=O)OC(C)(C)C)C1)CC(C)C. The van der Waals surface area contributed by atoms with Gasteiger partial charge in [0, 0.05) is 83.2 Å². The first-order valence-electron chi connectivity index (χ1n) is 17.6. The fourth-order valence-electron chi connectivity index (χ4n) is 6.01. The summed E-state index contributed by atoms with van der Waals surface area (Å²) < 4.78 is 22.8. The van der Waals surface area contributed by atoms with Gasteiger partial charge in [0.25, 0.3) is 0 Å². The summed E-state index contributed by atoms with van der Waals surface area (Å²) in [6.07, 6.45) is 3.60. The lowest BCUT2D eigenvalue weighted by Crippen LogP contribution is -2.52. The minimum Gasteiger partial charge on any atom is -0.493 e. The van der Waals surface area contributed by atoms with E-state index in [9.17, 15) is 14.4 Å². The van der Waals surface area contributed by atoms with Crippen LogP contribution in [0.15, 0.2) is 12.3 Å². The van der Waals surface area contributed by atoms with Crippen molar-refractivity contribution < 1.29 is 33.3 Å². The number of ether oxygens (including phenoxy) is 4. The van der Waals surface area contributed by atoms with Gasteiger partial charge in [0.05, 0.1) is 12.5 Å². The number of rotatable bonds is 18. The summed E-state index contributed by atoms with van der Waals surface area (Å²) >= 11 is 0. The summed E-state index contributed by atoms with van der Waals surface area (Å²) in [5.41, 5.74) is 0.254. The second kappa shape index (κ2) is 19.3. The van der Waals surface area contributed by atoms with E-state index in [0.29, 0.717) is 63.3 Å². The van der Waals surface area contributed by atoms with Crippen LogP contribution in [0.25, 0.3) is 0 Å². The summed E-state index contributed by atoms with van der Waals surface area (Å²) in [6.45, 7) is 23.0. The number of hydrogen-bond donors (Lipinski definition) is 0. The Hall–Kier alpha value is -2.72. The summed E-state index contributed by atoms with van der Waals surface area (Å²) in [6, 6.07) is 1.85. The highest BCUT2D eigenvalue weighted by molar-refractivity contribution is 5.95. The number of ketones is 1. The van der Waals surface area contributed by atoms with Crippen LogP contribution < -0.4 is 9.64 Å². The number of amides is 2. The molecule has 1 aliphatic heterocycles. The standard InChI is InChI=1S/C37H63N3O7/c1-12-45-24-28(16-25(2)3)17-32(41)29-18-30(23-39(22-29)36(43)47-37(8,9)10)35(42)40(21-26(4)5)34-19-33(46-15-13-14-44-11)31(20-38-34)27(6)7/h19-20,25-30H,12-18,21-24H2,1-11H3/t28-,29-,30+/m0/s1. The molecule has 0 saturated carbocycles. The molecule has 2 amide bonds. The highest BCUT2D eigenvalue weighted by Gasteiger charge is 2.41. The zero-order valence-electron chi connectivity index (χ0n) is 31.1. The minimum atomic E-state index is -0.710. The number of carbonyl (C=O) groups excluding carboxylic acids is 3. The molecular weight excluding hydrogens is 598 g/mol. The van der Waals surface area contributed by atoms with Crippen LogP contribution >= 0.6 is 0 Å². The maximum atomic E-state index is 14.5. The molecule has 0 N–H and O–H groups in total. The van der Waals surface area contributed by atoms with Gasteiger partial charge in [-0.25, -0.2) is 9.78 Å². The number of methoxy groups -OCH3 is 1. The van der Waals surface area contributed by atoms with Crippen LogP contribution in [-0.4, -0.2) is 86.4 Å². The topological polar surface area (TPSA) is 108 Å². The van der Waals surface area contributed by atoms with Crippen molar-refractivity contribution in [2.75, 3.05) is 58.1 Å². The van der Waals surface area contributed by atoms with Crippen LogP contribution in [0.3, 0.4) is 0 Å². The summed E-state index contributed by atoms with van der Waals surface area (Å²) in [7, 11) is 1.66. The molecule has 10 heteroatoms. The van der Waals surface area contributed by atoms with Crippen molar-refractivity contribution in [1.29, 1.82) is 0 Å². The van der Waals surface area contributed by atoms with Crippen LogP contribution in [0, 0.1) is 29.6 Å². The molecule has 0 radical (unpaired) electrons. The van der Waals surface area contributed by atoms with Crippen molar-refractivity contribution >= 4 is 23.6 Å². The number of piperidine rings is 1. The molecule has 0 aromatic carbocycles. The van der Waals surface area contributed by atoms with E-state index in [0.717, 1.165) is 18.4 Å². The van der Waals surface area contributed by atoms with Gasteiger partial charge in [-0.05, 0) is 64.2 Å². The third-order valence-corrected chi connectivity index (χ3v) is 8.10. The van der Waals surface area contributed by atoms with E-state index < -0.39 is 23.5 Å². The molecule has 1 saturated heterocycles. The first kappa shape index (κ1) is 40.5. The van der Waals surface area contributed by atoms with Crippen molar-refractivity contribution in [1.82, 2.24) is 9.88 Å². The molecule has 47 heavy (non-hydrogen) atoms. The zero-order chi connectivity index (χ0) is 35.3. The first-order chi connectivity index (χ1) is 22.1. The smallest absolute Gasteiger partial charge is 0.410 e. The lowest BCUT2D eigenvalue weighted by Gasteiger charge is -2.39. The second-order valence-electron chi connectivity index (χ2n) is 15.1. The average molecular weight is 662 g/mol. The number of aromatic nitrogens is 1. The Morgan fingerprint density at radius 2 is 1.70 bits per heavy atom. The maximum Gasteiger partial charge on any atom is 0.410 e.